The number of likely N-dealkylation sites (N-methyl/N-ethyl adjacent to an activating group) is 2. The van der Waals surface area contributed by atoms with Crippen molar-refractivity contribution in [1.29, 1.82) is 0 Å². The van der Waals surface area contributed by atoms with Crippen molar-refractivity contribution in [3.63, 3.8) is 0 Å². The van der Waals surface area contributed by atoms with E-state index in [9.17, 15) is 18.0 Å². The van der Waals surface area contributed by atoms with Gasteiger partial charge in [0.05, 0.1) is 0 Å². The van der Waals surface area contributed by atoms with Crippen LogP contribution in [0, 0.1) is 0 Å². The van der Waals surface area contributed by atoms with Crippen LogP contribution in [0.2, 0.25) is 0 Å². The molecule has 1 unspecified atom stereocenters. The van der Waals surface area contributed by atoms with Crippen LogP contribution in [-0.2, 0) is 4.79 Å². The highest BCUT2D eigenvalue weighted by Gasteiger charge is 2.31. The predicted molar refractivity (Wildman–Crippen MR) is 103 cm³/mol. The molecule has 148 valence electrons. The summed E-state index contributed by atoms with van der Waals surface area (Å²) in [6, 6.07) is 0.419. The molecule has 25 heavy (non-hydrogen) atoms. The van der Waals surface area contributed by atoms with Gasteiger partial charge in [-0.25, -0.2) is 4.99 Å². The van der Waals surface area contributed by atoms with Gasteiger partial charge in [-0.2, -0.15) is 13.2 Å². The van der Waals surface area contributed by atoms with Crippen molar-refractivity contribution in [3.05, 3.63) is 0 Å². The van der Waals surface area contributed by atoms with Gasteiger partial charge in [0, 0.05) is 26.2 Å². The van der Waals surface area contributed by atoms with E-state index in [4.69, 9.17) is 0 Å². The molecule has 0 aliphatic carbocycles. The Labute approximate surface area is 164 Å². The molecule has 1 saturated heterocycles. The Kier molecular flexibility index (Phi) is 11.4. The van der Waals surface area contributed by atoms with E-state index in [1.807, 2.05) is 6.92 Å². The van der Waals surface area contributed by atoms with Crippen molar-refractivity contribution in [1.82, 2.24) is 20.4 Å². The van der Waals surface area contributed by atoms with Gasteiger partial charge in [-0.3, -0.25) is 9.69 Å². The SMILES string of the molecule is CCNC(=NCC(=O)N(C)CC(F)(F)F)NCC1CCCN1CC.I. The van der Waals surface area contributed by atoms with Crippen molar-refractivity contribution in [2.75, 3.05) is 46.3 Å². The number of guanidine groups is 1. The molecule has 0 aromatic rings. The Hall–Kier alpha value is -0.780. The first-order valence-corrected chi connectivity index (χ1v) is 8.33. The van der Waals surface area contributed by atoms with Gasteiger partial charge in [0.15, 0.2) is 5.96 Å². The molecule has 0 spiro atoms. The third-order valence-corrected chi connectivity index (χ3v) is 3.97. The number of carbonyl (C=O) groups is 1. The summed E-state index contributed by atoms with van der Waals surface area (Å²) in [5.41, 5.74) is 0. The van der Waals surface area contributed by atoms with E-state index in [0.29, 0.717) is 30.0 Å². The Balaban J connectivity index is 0.00000576. The molecule has 1 aliphatic heterocycles. The molecule has 0 radical (unpaired) electrons. The number of halogens is 4. The van der Waals surface area contributed by atoms with Gasteiger partial charge in [-0.15, -0.1) is 24.0 Å². The van der Waals surface area contributed by atoms with Crippen molar-refractivity contribution < 1.29 is 18.0 Å². The maximum atomic E-state index is 12.3. The molecule has 1 atom stereocenters. The number of amides is 1. The Morgan fingerprint density at radius 2 is 2.00 bits per heavy atom. The maximum Gasteiger partial charge on any atom is 0.406 e. The molecule has 6 nitrogen and oxygen atoms in total. The zero-order valence-electron chi connectivity index (χ0n) is 15.0. The van der Waals surface area contributed by atoms with Crippen LogP contribution in [0.25, 0.3) is 0 Å². The number of hydrogen-bond acceptors (Lipinski definition) is 3. The molecule has 1 rings (SSSR count). The molecule has 0 aromatic carbocycles. The van der Waals surface area contributed by atoms with Gasteiger partial charge in [-0.05, 0) is 32.9 Å². The highest BCUT2D eigenvalue weighted by atomic mass is 127. The van der Waals surface area contributed by atoms with E-state index in [2.05, 4.69) is 27.4 Å². The zero-order chi connectivity index (χ0) is 18.2. The Bertz CT molecular complexity index is 434. The Morgan fingerprint density at radius 1 is 1.32 bits per heavy atom. The second kappa shape index (κ2) is 11.8. The fourth-order valence-corrected chi connectivity index (χ4v) is 2.72. The van der Waals surface area contributed by atoms with Gasteiger partial charge in [-0.1, -0.05) is 6.92 Å². The van der Waals surface area contributed by atoms with E-state index in [0.717, 1.165) is 33.0 Å². The lowest BCUT2D eigenvalue weighted by atomic mass is 10.2. The normalized spacial score (nSPS) is 18.6. The average Bonchev–Trinajstić information content (AvgIpc) is 2.95. The lowest BCUT2D eigenvalue weighted by molar-refractivity contribution is -0.157. The van der Waals surface area contributed by atoms with Crippen LogP contribution in [-0.4, -0.2) is 80.2 Å². The fourth-order valence-electron chi connectivity index (χ4n) is 2.72. The van der Waals surface area contributed by atoms with Crippen LogP contribution < -0.4 is 10.6 Å². The second-order valence-corrected chi connectivity index (χ2v) is 5.87. The van der Waals surface area contributed by atoms with Crippen LogP contribution in [0.5, 0.6) is 0 Å². The highest BCUT2D eigenvalue weighted by molar-refractivity contribution is 14.0. The summed E-state index contributed by atoms with van der Waals surface area (Å²) >= 11 is 0. The van der Waals surface area contributed by atoms with E-state index in [1.54, 1.807) is 0 Å². The summed E-state index contributed by atoms with van der Waals surface area (Å²) < 4.78 is 36.9. The molecular weight excluding hydrogens is 450 g/mol. The molecule has 0 aromatic heterocycles. The van der Waals surface area contributed by atoms with Gasteiger partial charge >= 0.3 is 6.18 Å². The standard InChI is InChI=1S/C15H28F3N5O.HI/c1-4-19-14(20-9-12-7-6-8-23(12)5-2)21-10-13(24)22(3)11-15(16,17)18;/h12H,4-11H2,1-3H3,(H2,19,20,21);1H. The molecular formula is C15H29F3IN5O. The minimum Gasteiger partial charge on any atom is -0.357 e. The number of aliphatic imine (C=N–C) groups is 1. The van der Waals surface area contributed by atoms with Crippen LogP contribution in [0.4, 0.5) is 13.2 Å². The third-order valence-electron chi connectivity index (χ3n) is 3.97. The van der Waals surface area contributed by atoms with Crippen LogP contribution in [0.15, 0.2) is 4.99 Å². The molecule has 2 N–H and O–H groups in total. The minimum atomic E-state index is -4.40. The lowest BCUT2D eigenvalue weighted by Crippen LogP contribution is -2.45. The van der Waals surface area contributed by atoms with Crippen molar-refractivity contribution >= 4 is 35.8 Å². The molecule has 1 aliphatic rings. The molecule has 0 saturated carbocycles. The van der Waals surface area contributed by atoms with Gasteiger partial charge in [0.1, 0.15) is 13.1 Å². The predicted octanol–water partition coefficient (Wildman–Crippen LogP) is 1.66. The van der Waals surface area contributed by atoms with Crippen LogP contribution >= 0.6 is 24.0 Å². The quantitative estimate of drug-likeness (QED) is 0.332. The summed E-state index contributed by atoms with van der Waals surface area (Å²) in [7, 11) is 1.13. The number of nitrogens with one attached hydrogen (secondary N) is 2. The number of carbonyl (C=O) groups excluding carboxylic acids is 1. The Morgan fingerprint density at radius 3 is 2.56 bits per heavy atom. The van der Waals surface area contributed by atoms with E-state index >= 15 is 0 Å². The summed E-state index contributed by atoms with van der Waals surface area (Å²) in [5.74, 6) is -0.213. The molecule has 1 heterocycles. The van der Waals surface area contributed by atoms with Crippen LogP contribution in [0.1, 0.15) is 26.7 Å². The molecule has 1 amide bonds. The molecule has 0 bridgehead atoms. The first-order chi connectivity index (χ1) is 11.3. The van der Waals surface area contributed by atoms with Gasteiger partial charge in [0.2, 0.25) is 5.91 Å². The number of nitrogens with zero attached hydrogens (tertiary/aromatic N) is 3. The first-order valence-electron chi connectivity index (χ1n) is 8.33. The fraction of sp³-hybridized carbons (Fsp3) is 0.867. The number of hydrogen-bond donors (Lipinski definition) is 2. The monoisotopic (exact) mass is 479 g/mol. The second-order valence-electron chi connectivity index (χ2n) is 5.87. The van der Waals surface area contributed by atoms with E-state index < -0.39 is 18.6 Å². The van der Waals surface area contributed by atoms with Gasteiger partial charge in [0.25, 0.3) is 0 Å². The smallest absolute Gasteiger partial charge is 0.357 e. The number of rotatable bonds is 7. The topological polar surface area (TPSA) is 60.0 Å². The summed E-state index contributed by atoms with van der Waals surface area (Å²) in [6.45, 7) is 5.81. The summed E-state index contributed by atoms with van der Waals surface area (Å²) in [5, 5.41) is 6.18. The highest BCUT2D eigenvalue weighted by Crippen LogP contribution is 2.16. The molecule has 1 fully saturated rings. The summed E-state index contributed by atoms with van der Waals surface area (Å²) in [4.78, 5) is 18.9. The number of alkyl halides is 3. The maximum absolute atomic E-state index is 12.3. The molecule has 10 heteroatoms. The van der Waals surface area contributed by atoms with Crippen molar-refractivity contribution in [2.24, 2.45) is 4.99 Å². The first kappa shape index (κ1) is 24.2. The van der Waals surface area contributed by atoms with E-state index in [1.165, 1.54) is 0 Å². The average molecular weight is 479 g/mol. The zero-order valence-corrected chi connectivity index (χ0v) is 17.4. The summed E-state index contributed by atoms with van der Waals surface area (Å²) in [6.07, 6.45) is -2.13. The largest absolute Gasteiger partial charge is 0.406 e. The lowest BCUT2D eigenvalue weighted by Gasteiger charge is -2.24. The third kappa shape index (κ3) is 9.47. The van der Waals surface area contributed by atoms with Gasteiger partial charge < -0.3 is 15.5 Å². The number of likely N-dealkylation sites (tertiary alicyclic amines) is 1. The minimum absolute atomic E-state index is 0. The van der Waals surface area contributed by atoms with E-state index in [-0.39, 0.29) is 30.5 Å². The van der Waals surface area contributed by atoms with Crippen molar-refractivity contribution in [2.45, 2.75) is 38.9 Å². The van der Waals surface area contributed by atoms with Crippen LogP contribution in [0.3, 0.4) is 0 Å². The van der Waals surface area contributed by atoms with Crippen molar-refractivity contribution in [3.8, 4) is 0 Å².